The molecule has 5 heteroatoms. The molecule has 0 heterocycles. The maximum atomic E-state index is 11.3. The normalized spacial score (nSPS) is 11.4. The molecule has 0 spiro atoms. The number of hydrogen-bond donors (Lipinski definition) is 1. The Bertz CT molecular complexity index is 491. The molecule has 18 heavy (non-hydrogen) atoms. The number of carbonyl (C=O) groups is 1. The molecule has 0 atom stereocenters. The van der Waals surface area contributed by atoms with Gasteiger partial charge in [0.1, 0.15) is 5.78 Å². The molecule has 1 N–H and O–H groups in total. The van der Waals surface area contributed by atoms with Crippen LogP contribution in [0.25, 0.3) is 0 Å². The van der Waals surface area contributed by atoms with Crippen LogP contribution in [0.5, 0.6) is 0 Å². The lowest BCUT2D eigenvalue weighted by Gasteiger charge is -2.04. The summed E-state index contributed by atoms with van der Waals surface area (Å²) >= 11 is 0. The summed E-state index contributed by atoms with van der Waals surface area (Å²) in [6.07, 6.45) is 2.57. The smallest absolute Gasteiger partial charge is 0.175 e. The summed E-state index contributed by atoms with van der Waals surface area (Å²) < 4.78 is 22.5. The van der Waals surface area contributed by atoms with E-state index in [4.69, 9.17) is 0 Å². The molecular weight excluding hydrogens is 250 g/mol. The molecule has 0 saturated carbocycles. The monoisotopic (exact) mass is 269 g/mol. The van der Waals surface area contributed by atoms with Gasteiger partial charge in [-0.1, -0.05) is 12.1 Å². The van der Waals surface area contributed by atoms with Gasteiger partial charge in [0.15, 0.2) is 9.84 Å². The zero-order chi connectivity index (χ0) is 13.6. The largest absolute Gasteiger partial charge is 0.316 e. The maximum absolute atomic E-state index is 11.3. The molecule has 1 rings (SSSR count). The minimum absolute atomic E-state index is 0.181. The van der Waals surface area contributed by atoms with Crippen molar-refractivity contribution >= 4 is 15.6 Å². The van der Waals surface area contributed by atoms with E-state index in [9.17, 15) is 13.2 Å². The van der Waals surface area contributed by atoms with E-state index in [0.29, 0.717) is 17.9 Å². The SMILES string of the molecule is CC(=O)CCNCCc1ccc(S(C)(=O)=O)cc1. The molecule has 0 aliphatic carbocycles. The Morgan fingerprint density at radius 3 is 2.28 bits per heavy atom. The first-order valence-electron chi connectivity index (χ1n) is 5.89. The zero-order valence-corrected chi connectivity index (χ0v) is 11.6. The van der Waals surface area contributed by atoms with E-state index in [1.807, 2.05) is 12.1 Å². The third kappa shape index (κ3) is 5.42. The standard InChI is InChI=1S/C13H19NO3S/c1-11(15)7-9-14-10-8-12-3-5-13(6-4-12)18(2,16)17/h3-6,14H,7-10H2,1-2H3. The number of rotatable bonds is 7. The van der Waals surface area contributed by atoms with Crippen molar-refractivity contribution in [3.63, 3.8) is 0 Å². The summed E-state index contributed by atoms with van der Waals surface area (Å²) in [5, 5.41) is 3.17. The molecule has 0 radical (unpaired) electrons. The number of sulfone groups is 1. The molecule has 0 aliphatic heterocycles. The van der Waals surface area contributed by atoms with Gasteiger partial charge in [0.05, 0.1) is 4.90 Å². The average molecular weight is 269 g/mol. The van der Waals surface area contributed by atoms with Crippen molar-refractivity contribution in [3.8, 4) is 0 Å². The molecule has 0 saturated heterocycles. The topological polar surface area (TPSA) is 63.2 Å². The molecule has 4 nitrogen and oxygen atoms in total. The fraction of sp³-hybridized carbons (Fsp3) is 0.462. The summed E-state index contributed by atoms with van der Waals surface area (Å²) in [4.78, 5) is 11.1. The lowest BCUT2D eigenvalue weighted by atomic mass is 10.1. The van der Waals surface area contributed by atoms with Gasteiger partial charge in [-0.15, -0.1) is 0 Å². The highest BCUT2D eigenvalue weighted by atomic mass is 32.2. The third-order valence-electron chi connectivity index (χ3n) is 2.60. The number of hydrogen-bond acceptors (Lipinski definition) is 4. The van der Waals surface area contributed by atoms with Crippen LogP contribution in [0.1, 0.15) is 18.9 Å². The summed E-state index contributed by atoms with van der Waals surface area (Å²) in [5.41, 5.74) is 1.08. The molecule has 100 valence electrons. The second kappa shape index (κ2) is 6.66. The van der Waals surface area contributed by atoms with Crippen molar-refractivity contribution in [1.82, 2.24) is 5.32 Å². The summed E-state index contributed by atoms with van der Waals surface area (Å²) in [5.74, 6) is 0.181. The lowest BCUT2D eigenvalue weighted by Crippen LogP contribution is -2.20. The highest BCUT2D eigenvalue weighted by molar-refractivity contribution is 7.90. The van der Waals surface area contributed by atoms with Crippen molar-refractivity contribution in [1.29, 1.82) is 0 Å². The molecule has 0 aliphatic rings. The maximum Gasteiger partial charge on any atom is 0.175 e. The average Bonchev–Trinajstić information content (AvgIpc) is 2.27. The van der Waals surface area contributed by atoms with Crippen LogP contribution in [-0.4, -0.2) is 33.5 Å². The minimum Gasteiger partial charge on any atom is -0.316 e. The van der Waals surface area contributed by atoms with Gasteiger partial charge < -0.3 is 5.32 Å². The van der Waals surface area contributed by atoms with Crippen molar-refractivity contribution in [3.05, 3.63) is 29.8 Å². The van der Waals surface area contributed by atoms with Crippen molar-refractivity contribution in [2.24, 2.45) is 0 Å². The van der Waals surface area contributed by atoms with Crippen LogP contribution in [0.4, 0.5) is 0 Å². The van der Waals surface area contributed by atoms with E-state index >= 15 is 0 Å². The van der Waals surface area contributed by atoms with Gasteiger partial charge >= 0.3 is 0 Å². The van der Waals surface area contributed by atoms with Crippen molar-refractivity contribution in [2.75, 3.05) is 19.3 Å². The van der Waals surface area contributed by atoms with Gasteiger partial charge in [-0.3, -0.25) is 4.79 Å². The second-order valence-electron chi connectivity index (χ2n) is 4.37. The van der Waals surface area contributed by atoms with E-state index in [1.54, 1.807) is 19.1 Å². The zero-order valence-electron chi connectivity index (χ0n) is 10.8. The number of carbonyl (C=O) groups excluding carboxylic acids is 1. The number of Topliss-reactive ketones (excluding diaryl/α,β-unsaturated/α-hetero) is 1. The molecule has 0 bridgehead atoms. The van der Waals surface area contributed by atoms with Crippen LogP contribution in [0, 0.1) is 0 Å². The summed E-state index contributed by atoms with van der Waals surface area (Å²) in [7, 11) is -3.11. The molecule has 0 amide bonds. The fourth-order valence-electron chi connectivity index (χ4n) is 1.53. The Balaban J connectivity index is 2.38. The van der Waals surface area contributed by atoms with Gasteiger partial charge in [-0.25, -0.2) is 8.42 Å². The van der Waals surface area contributed by atoms with E-state index in [0.717, 1.165) is 18.5 Å². The molecular formula is C13H19NO3S. The Morgan fingerprint density at radius 1 is 1.17 bits per heavy atom. The van der Waals surface area contributed by atoms with Gasteiger partial charge in [-0.05, 0) is 37.6 Å². The van der Waals surface area contributed by atoms with Crippen LogP contribution in [0.3, 0.4) is 0 Å². The first kappa shape index (κ1) is 14.9. The van der Waals surface area contributed by atoms with E-state index < -0.39 is 9.84 Å². The Morgan fingerprint density at radius 2 is 1.78 bits per heavy atom. The van der Waals surface area contributed by atoms with Crippen LogP contribution in [0.2, 0.25) is 0 Å². The van der Waals surface area contributed by atoms with E-state index in [2.05, 4.69) is 5.32 Å². The van der Waals surface area contributed by atoms with Gasteiger partial charge in [0.25, 0.3) is 0 Å². The van der Waals surface area contributed by atoms with E-state index in [-0.39, 0.29) is 5.78 Å². The third-order valence-corrected chi connectivity index (χ3v) is 3.72. The second-order valence-corrected chi connectivity index (χ2v) is 6.38. The number of nitrogens with one attached hydrogen (secondary N) is 1. The van der Waals surface area contributed by atoms with Crippen molar-refractivity contribution in [2.45, 2.75) is 24.7 Å². The molecule has 0 aromatic heterocycles. The minimum atomic E-state index is -3.11. The van der Waals surface area contributed by atoms with Crippen LogP contribution >= 0.6 is 0 Å². The lowest BCUT2D eigenvalue weighted by molar-refractivity contribution is -0.116. The van der Waals surface area contributed by atoms with Crippen LogP contribution in [-0.2, 0) is 21.1 Å². The highest BCUT2D eigenvalue weighted by Gasteiger charge is 2.05. The van der Waals surface area contributed by atoms with Crippen LogP contribution < -0.4 is 5.32 Å². The van der Waals surface area contributed by atoms with Gasteiger partial charge in [0.2, 0.25) is 0 Å². The first-order chi connectivity index (χ1) is 8.39. The number of ketones is 1. The quantitative estimate of drug-likeness (QED) is 0.756. The van der Waals surface area contributed by atoms with Gasteiger partial charge in [0, 0.05) is 19.2 Å². The molecule has 0 unspecified atom stereocenters. The molecule has 1 aromatic rings. The fourth-order valence-corrected chi connectivity index (χ4v) is 2.16. The Kier molecular flexibility index (Phi) is 5.50. The Labute approximate surface area is 108 Å². The van der Waals surface area contributed by atoms with E-state index in [1.165, 1.54) is 6.26 Å². The predicted molar refractivity (Wildman–Crippen MR) is 71.4 cm³/mol. The Hall–Kier alpha value is -1.20. The molecule has 1 aromatic carbocycles. The predicted octanol–water partition coefficient (Wildman–Crippen LogP) is 1.20. The summed E-state index contributed by atoms with van der Waals surface area (Å²) in [6, 6.07) is 6.90. The first-order valence-corrected chi connectivity index (χ1v) is 7.78. The summed E-state index contributed by atoms with van der Waals surface area (Å²) in [6.45, 7) is 3.05. The van der Waals surface area contributed by atoms with Crippen molar-refractivity contribution < 1.29 is 13.2 Å². The molecule has 0 fully saturated rings. The highest BCUT2D eigenvalue weighted by Crippen LogP contribution is 2.10. The van der Waals surface area contributed by atoms with Crippen LogP contribution in [0.15, 0.2) is 29.2 Å². The van der Waals surface area contributed by atoms with Gasteiger partial charge in [-0.2, -0.15) is 0 Å². The number of benzene rings is 1.